The van der Waals surface area contributed by atoms with Gasteiger partial charge in [0.2, 0.25) is 11.8 Å². The lowest BCUT2D eigenvalue weighted by Gasteiger charge is -2.32. The lowest BCUT2D eigenvalue weighted by atomic mass is 10.0. The zero-order valence-corrected chi connectivity index (χ0v) is 24.1. The first kappa shape index (κ1) is 28.8. The highest BCUT2D eigenvalue weighted by Gasteiger charge is 2.32. The van der Waals surface area contributed by atoms with Crippen molar-refractivity contribution in [2.75, 3.05) is 5.75 Å². The Labute approximate surface area is 244 Å². The smallest absolute Gasteiger partial charge is 0.243 e. The number of thioether (sulfide) groups is 1. The number of nitrogens with one attached hydrogen (secondary N) is 1. The fraction of sp³-hybridized carbons (Fsp3) is 0.333. The van der Waals surface area contributed by atoms with Gasteiger partial charge in [-0.1, -0.05) is 84.0 Å². The Morgan fingerprint density at radius 1 is 0.895 bits per heavy atom. The molecule has 0 radical (unpaired) electrons. The summed E-state index contributed by atoms with van der Waals surface area (Å²) in [4.78, 5) is 30.2. The molecule has 8 heteroatoms. The third-order valence-corrected chi connectivity index (χ3v) is 8.71. The SMILES string of the molecule is O=C(NC1CCCC1)C(Cc1ccccc1)N(Cc1ccc(Cl)c(Cl)c1)C(=O)CCSc1ccc(Cl)cc1. The zero-order valence-electron chi connectivity index (χ0n) is 21.0. The Kier molecular flexibility index (Phi) is 10.8. The van der Waals surface area contributed by atoms with E-state index in [2.05, 4.69) is 5.32 Å². The Balaban J connectivity index is 1.57. The lowest BCUT2D eigenvalue weighted by Crippen LogP contribution is -2.52. The molecular formula is C30H31Cl3N2O2S. The Bertz CT molecular complexity index is 1220. The molecule has 2 amide bonds. The van der Waals surface area contributed by atoms with Crippen LogP contribution in [0.5, 0.6) is 0 Å². The Hall–Kier alpha value is -2.18. The first-order valence-corrected chi connectivity index (χ1v) is 15.0. The number of nitrogens with zero attached hydrogens (tertiary/aromatic N) is 1. The van der Waals surface area contributed by atoms with Crippen LogP contribution in [-0.4, -0.2) is 34.6 Å². The van der Waals surface area contributed by atoms with Crippen LogP contribution in [0.25, 0.3) is 0 Å². The van der Waals surface area contributed by atoms with E-state index in [-0.39, 0.29) is 30.8 Å². The standard InChI is InChI=1S/C30H31Cl3N2O2S/c31-23-11-13-25(14-12-23)38-17-16-29(36)35(20-22-10-15-26(32)27(33)18-22)28(19-21-6-2-1-3-7-21)30(37)34-24-8-4-5-9-24/h1-3,6-7,10-15,18,24,28H,4-5,8-9,16-17,19-20H2,(H,34,37). The van der Waals surface area contributed by atoms with Crippen molar-refractivity contribution in [3.8, 4) is 0 Å². The number of hydrogen-bond donors (Lipinski definition) is 1. The average molecular weight is 590 g/mol. The molecule has 1 aliphatic rings. The molecule has 0 heterocycles. The van der Waals surface area contributed by atoms with Gasteiger partial charge >= 0.3 is 0 Å². The van der Waals surface area contributed by atoms with E-state index in [0.29, 0.717) is 27.2 Å². The third kappa shape index (κ3) is 8.41. The van der Waals surface area contributed by atoms with Crippen molar-refractivity contribution < 1.29 is 9.59 Å². The molecule has 38 heavy (non-hydrogen) atoms. The molecule has 1 saturated carbocycles. The number of hydrogen-bond acceptors (Lipinski definition) is 3. The van der Waals surface area contributed by atoms with Crippen molar-refractivity contribution in [1.82, 2.24) is 10.2 Å². The van der Waals surface area contributed by atoms with E-state index in [9.17, 15) is 9.59 Å². The molecule has 1 N–H and O–H groups in total. The van der Waals surface area contributed by atoms with Gasteiger partial charge in [0.25, 0.3) is 0 Å². The van der Waals surface area contributed by atoms with Crippen LogP contribution in [0.2, 0.25) is 15.1 Å². The maximum Gasteiger partial charge on any atom is 0.243 e. The maximum atomic E-state index is 13.8. The van der Waals surface area contributed by atoms with E-state index in [0.717, 1.165) is 41.7 Å². The monoisotopic (exact) mass is 588 g/mol. The van der Waals surface area contributed by atoms with Crippen LogP contribution in [-0.2, 0) is 22.6 Å². The van der Waals surface area contributed by atoms with Gasteiger partial charge in [0.05, 0.1) is 10.0 Å². The predicted molar refractivity (Wildman–Crippen MR) is 158 cm³/mol. The number of rotatable bonds is 11. The molecule has 3 aromatic carbocycles. The molecule has 4 rings (SSSR count). The van der Waals surface area contributed by atoms with Crippen LogP contribution < -0.4 is 5.32 Å². The largest absolute Gasteiger partial charge is 0.352 e. The van der Waals surface area contributed by atoms with Crippen molar-refractivity contribution >= 4 is 58.4 Å². The van der Waals surface area contributed by atoms with Crippen molar-refractivity contribution in [2.24, 2.45) is 0 Å². The van der Waals surface area contributed by atoms with Gasteiger partial charge in [-0.25, -0.2) is 0 Å². The summed E-state index contributed by atoms with van der Waals surface area (Å²) in [5, 5.41) is 4.78. The highest BCUT2D eigenvalue weighted by atomic mass is 35.5. The second-order valence-corrected chi connectivity index (χ2v) is 11.9. The van der Waals surface area contributed by atoms with Crippen LogP contribution in [0.4, 0.5) is 0 Å². The number of carbonyl (C=O) groups excluding carboxylic acids is 2. The van der Waals surface area contributed by atoms with Crippen LogP contribution in [0, 0.1) is 0 Å². The van der Waals surface area contributed by atoms with Crippen LogP contribution in [0.1, 0.15) is 43.2 Å². The molecule has 1 unspecified atom stereocenters. The number of benzene rings is 3. The summed E-state index contributed by atoms with van der Waals surface area (Å²) in [5.74, 6) is 0.389. The molecule has 3 aromatic rings. The van der Waals surface area contributed by atoms with Gasteiger partial charge < -0.3 is 10.2 Å². The normalized spacial score (nSPS) is 14.3. The lowest BCUT2D eigenvalue weighted by molar-refractivity contribution is -0.141. The first-order valence-electron chi connectivity index (χ1n) is 12.8. The van der Waals surface area contributed by atoms with Gasteiger partial charge in [0, 0.05) is 41.1 Å². The molecular weight excluding hydrogens is 559 g/mol. The molecule has 1 fully saturated rings. The minimum absolute atomic E-state index is 0.0833. The number of carbonyl (C=O) groups is 2. The second kappa shape index (κ2) is 14.3. The van der Waals surface area contributed by atoms with E-state index in [4.69, 9.17) is 34.8 Å². The van der Waals surface area contributed by atoms with Crippen LogP contribution >= 0.6 is 46.6 Å². The number of halogens is 3. The van der Waals surface area contributed by atoms with Gasteiger partial charge in [0.15, 0.2) is 0 Å². The summed E-state index contributed by atoms with van der Waals surface area (Å²) >= 11 is 20.0. The summed E-state index contributed by atoms with van der Waals surface area (Å²) in [5.41, 5.74) is 1.83. The molecule has 0 bridgehead atoms. The molecule has 0 aliphatic heterocycles. The fourth-order valence-electron chi connectivity index (χ4n) is 4.69. The highest BCUT2D eigenvalue weighted by Crippen LogP contribution is 2.26. The van der Waals surface area contributed by atoms with Crippen molar-refractivity contribution in [1.29, 1.82) is 0 Å². The minimum Gasteiger partial charge on any atom is -0.352 e. The summed E-state index contributed by atoms with van der Waals surface area (Å²) in [7, 11) is 0. The summed E-state index contributed by atoms with van der Waals surface area (Å²) < 4.78 is 0. The highest BCUT2D eigenvalue weighted by molar-refractivity contribution is 7.99. The van der Waals surface area contributed by atoms with Crippen molar-refractivity contribution in [2.45, 2.75) is 62.0 Å². The van der Waals surface area contributed by atoms with E-state index >= 15 is 0 Å². The zero-order chi connectivity index (χ0) is 26.9. The van der Waals surface area contributed by atoms with Gasteiger partial charge in [-0.15, -0.1) is 11.8 Å². The summed E-state index contributed by atoms with van der Waals surface area (Å²) in [6.07, 6.45) is 4.89. The third-order valence-electron chi connectivity index (χ3n) is 6.71. The van der Waals surface area contributed by atoms with E-state index in [1.54, 1.807) is 28.8 Å². The van der Waals surface area contributed by atoms with Crippen LogP contribution in [0.3, 0.4) is 0 Å². The van der Waals surface area contributed by atoms with Crippen molar-refractivity contribution in [3.63, 3.8) is 0 Å². The van der Waals surface area contributed by atoms with Gasteiger partial charge in [-0.2, -0.15) is 0 Å². The van der Waals surface area contributed by atoms with E-state index in [1.165, 1.54) is 0 Å². The molecule has 0 aromatic heterocycles. The van der Waals surface area contributed by atoms with Gasteiger partial charge in [-0.05, 0) is 60.4 Å². The molecule has 0 spiro atoms. The molecule has 1 aliphatic carbocycles. The van der Waals surface area contributed by atoms with Gasteiger partial charge in [-0.3, -0.25) is 9.59 Å². The summed E-state index contributed by atoms with van der Waals surface area (Å²) in [6.45, 7) is 0.261. The first-order chi connectivity index (χ1) is 18.4. The Morgan fingerprint density at radius 2 is 1.61 bits per heavy atom. The van der Waals surface area contributed by atoms with Gasteiger partial charge in [0.1, 0.15) is 6.04 Å². The predicted octanol–water partition coefficient (Wildman–Crippen LogP) is 7.83. The number of amides is 2. The molecule has 200 valence electrons. The summed E-state index contributed by atoms with van der Waals surface area (Å²) in [6, 6.07) is 22.3. The molecule has 0 saturated heterocycles. The molecule has 4 nitrogen and oxygen atoms in total. The topological polar surface area (TPSA) is 49.4 Å². The maximum absolute atomic E-state index is 13.8. The van der Waals surface area contributed by atoms with E-state index < -0.39 is 6.04 Å². The quantitative estimate of drug-likeness (QED) is 0.232. The molecule has 1 atom stereocenters. The van der Waals surface area contributed by atoms with Crippen LogP contribution in [0.15, 0.2) is 77.7 Å². The fourth-order valence-corrected chi connectivity index (χ4v) is 5.97. The Morgan fingerprint density at radius 3 is 2.29 bits per heavy atom. The second-order valence-electron chi connectivity index (χ2n) is 9.52. The van der Waals surface area contributed by atoms with E-state index in [1.807, 2.05) is 60.7 Å². The average Bonchev–Trinajstić information content (AvgIpc) is 3.43. The van der Waals surface area contributed by atoms with Crippen molar-refractivity contribution in [3.05, 3.63) is 99.0 Å². The minimum atomic E-state index is -0.652.